The van der Waals surface area contributed by atoms with Crippen LogP contribution in [0.2, 0.25) is 0 Å². The Morgan fingerprint density at radius 2 is 2.14 bits per heavy atom. The van der Waals surface area contributed by atoms with Gasteiger partial charge in [0, 0.05) is 5.54 Å². The van der Waals surface area contributed by atoms with Crippen molar-refractivity contribution in [3.8, 4) is 0 Å². The zero-order chi connectivity index (χ0) is 10.8. The van der Waals surface area contributed by atoms with Crippen molar-refractivity contribution in [2.75, 3.05) is 6.61 Å². The number of hydrogen-bond acceptors (Lipinski definition) is 2. The molecule has 0 aliphatic heterocycles. The molecule has 1 aromatic carbocycles. The molecule has 1 unspecified atom stereocenters. The maximum Gasteiger partial charge on any atom is 0.123 e. The van der Waals surface area contributed by atoms with Crippen LogP contribution in [0, 0.1) is 12.7 Å². The minimum atomic E-state index is -0.636. The topological polar surface area (TPSA) is 46.2 Å². The van der Waals surface area contributed by atoms with Crippen LogP contribution < -0.4 is 5.73 Å². The van der Waals surface area contributed by atoms with Gasteiger partial charge in [-0.25, -0.2) is 4.39 Å². The maximum atomic E-state index is 12.8. The second-order valence-corrected chi connectivity index (χ2v) is 4.06. The summed E-state index contributed by atoms with van der Waals surface area (Å²) in [6, 6.07) is 4.60. The standard InChI is InChI=1S/C11H16FNO/c1-8-5-10(12)4-3-9(8)6-11(2,13)7-14/h3-5,14H,6-7,13H2,1-2H3. The van der Waals surface area contributed by atoms with E-state index in [9.17, 15) is 4.39 Å². The fraction of sp³-hybridized carbons (Fsp3) is 0.455. The van der Waals surface area contributed by atoms with E-state index in [1.807, 2.05) is 6.92 Å². The summed E-state index contributed by atoms with van der Waals surface area (Å²) in [5, 5.41) is 9.00. The van der Waals surface area contributed by atoms with Gasteiger partial charge < -0.3 is 10.8 Å². The largest absolute Gasteiger partial charge is 0.394 e. The van der Waals surface area contributed by atoms with Gasteiger partial charge >= 0.3 is 0 Å². The Hall–Kier alpha value is -0.930. The van der Waals surface area contributed by atoms with Crippen molar-refractivity contribution < 1.29 is 9.50 Å². The smallest absolute Gasteiger partial charge is 0.123 e. The number of nitrogens with two attached hydrogens (primary N) is 1. The zero-order valence-corrected chi connectivity index (χ0v) is 8.55. The molecule has 0 aliphatic rings. The van der Waals surface area contributed by atoms with Gasteiger partial charge in [-0.1, -0.05) is 6.07 Å². The van der Waals surface area contributed by atoms with Crippen molar-refractivity contribution in [3.05, 3.63) is 35.1 Å². The summed E-state index contributed by atoms with van der Waals surface area (Å²) in [7, 11) is 0. The average molecular weight is 197 g/mol. The second-order valence-electron chi connectivity index (χ2n) is 4.06. The molecule has 1 aromatic rings. The Kier molecular flexibility index (Phi) is 3.24. The quantitative estimate of drug-likeness (QED) is 0.769. The predicted molar refractivity (Wildman–Crippen MR) is 54.5 cm³/mol. The van der Waals surface area contributed by atoms with Gasteiger partial charge in [-0.15, -0.1) is 0 Å². The molecule has 0 bridgehead atoms. The normalized spacial score (nSPS) is 15.2. The van der Waals surface area contributed by atoms with Gasteiger partial charge in [-0.2, -0.15) is 0 Å². The summed E-state index contributed by atoms with van der Waals surface area (Å²) in [6.07, 6.45) is 0.551. The monoisotopic (exact) mass is 197 g/mol. The van der Waals surface area contributed by atoms with E-state index in [0.717, 1.165) is 11.1 Å². The highest BCUT2D eigenvalue weighted by atomic mass is 19.1. The van der Waals surface area contributed by atoms with E-state index in [1.54, 1.807) is 13.0 Å². The minimum Gasteiger partial charge on any atom is -0.394 e. The van der Waals surface area contributed by atoms with Gasteiger partial charge in [0.15, 0.2) is 0 Å². The molecule has 0 heterocycles. The Morgan fingerprint density at radius 3 is 2.64 bits per heavy atom. The number of hydrogen-bond donors (Lipinski definition) is 2. The van der Waals surface area contributed by atoms with Gasteiger partial charge in [-0.05, 0) is 43.5 Å². The van der Waals surface area contributed by atoms with Crippen molar-refractivity contribution >= 4 is 0 Å². The highest BCUT2D eigenvalue weighted by Crippen LogP contribution is 2.15. The first-order valence-electron chi connectivity index (χ1n) is 4.59. The molecule has 14 heavy (non-hydrogen) atoms. The van der Waals surface area contributed by atoms with Crippen molar-refractivity contribution in [1.29, 1.82) is 0 Å². The van der Waals surface area contributed by atoms with Gasteiger partial charge in [-0.3, -0.25) is 0 Å². The Bertz CT molecular complexity index is 323. The van der Waals surface area contributed by atoms with Crippen LogP contribution in [-0.2, 0) is 6.42 Å². The van der Waals surface area contributed by atoms with Crippen LogP contribution in [-0.4, -0.2) is 17.3 Å². The molecule has 0 aromatic heterocycles. The molecule has 1 atom stereocenters. The number of rotatable bonds is 3. The molecule has 2 nitrogen and oxygen atoms in total. The van der Waals surface area contributed by atoms with Crippen LogP contribution in [0.25, 0.3) is 0 Å². The summed E-state index contributed by atoms with van der Waals surface area (Å²) in [5.74, 6) is -0.242. The summed E-state index contributed by atoms with van der Waals surface area (Å²) >= 11 is 0. The lowest BCUT2D eigenvalue weighted by Gasteiger charge is -2.22. The minimum absolute atomic E-state index is 0.0795. The highest BCUT2D eigenvalue weighted by Gasteiger charge is 2.18. The molecule has 1 rings (SSSR count). The second kappa shape index (κ2) is 4.07. The third-order valence-corrected chi connectivity index (χ3v) is 2.26. The molecule has 0 amide bonds. The zero-order valence-electron chi connectivity index (χ0n) is 8.55. The first kappa shape index (κ1) is 11.1. The van der Waals surface area contributed by atoms with Crippen molar-refractivity contribution in [2.24, 2.45) is 5.73 Å². The van der Waals surface area contributed by atoms with E-state index in [0.29, 0.717) is 6.42 Å². The molecular weight excluding hydrogens is 181 g/mol. The number of halogens is 1. The average Bonchev–Trinajstić information content (AvgIpc) is 2.10. The summed E-state index contributed by atoms with van der Waals surface area (Å²) in [5.41, 5.74) is 7.02. The molecule has 0 radical (unpaired) electrons. The molecule has 3 N–H and O–H groups in total. The lowest BCUT2D eigenvalue weighted by molar-refractivity contribution is 0.208. The molecule has 78 valence electrons. The van der Waals surface area contributed by atoms with E-state index >= 15 is 0 Å². The van der Waals surface area contributed by atoms with Gasteiger partial charge in [0.25, 0.3) is 0 Å². The summed E-state index contributed by atoms with van der Waals surface area (Å²) in [4.78, 5) is 0. The lowest BCUT2D eigenvalue weighted by Crippen LogP contribution is -2.42. The summed E-state index contributed by atoms with van der Waals surface area (Å²) < 4.78 is 12.8. The number of benzene rings is 1. The van der Waals surface area contributed by atoms with E-state index in [4.69, 9.17) is 10.8 Å². The summed E-state index contributed by atoms with van der Waals surface area (Å²) in [6.45, 7) is 3.53. The molecule has 0 spiro atoms. The Labute approximate surface area is 83.6 Å². The molecule has 0 aliphatic carbocycles. The number of aliphatic hydroxyl groups is 1. The van der Waals surface area contributed by atoms with Gasteiger partial charge in [0.1, 0.15) is 5.82 Å². The molecular formula is C11H16FNO. The SMILES string of the molecule is Cc1cc(F)ccc1CC(C)(N)CO. The molecule has 0 saturated heterocycles. The highest BCUT2D eigenvalue weighted by molar-refractivity contribution is 5.28. The van der Waals surface area contributed by atoms with Crippen LogP contribution in [0.5, 0.6) is 0 Å². The first-order valence-corrected chi connectivity index (χ1v) is 4.59. The lowest BCUT2D eigenvalue weighted by atomic mass is 9.92. The van der Waals surface area contributed by atoms with Crippen molar-refractivity contribution in [3.63, 3.8) is 0 Å². The predicted octanol–water partition coefficient (Wildman–Crippen LogP) is 1.39. The van der Waals surface area contributed by atoms with Crippen molar-refractivity contribution in [2.45, 2.75) is 25.8 Å². The third-order valence-electron chi connectivity index (χ3n) is 2.26. The first-order chi connectivity index (χ1) is 6.44. The number of aryl methyl sites for hydroxylation is 1. The van der Waals surface area contributed by atoms with Crippen LogP contribution in [0.4, 0.5) is 4.39 Å². The van der Waals surface area contributed by atoms with Crippen molar-refractivity contribution in [1.82, 2.24) is 0 Å². The number of aliphatic hydroxyl groups excluding tert-OH is 1. The maximum absolute atomic E-state index is 12.8. The van der Waals surface area contributed by atoms with Crippen LogP contribution >= 0.6 is 0 Å². The fourth-order valence-electron chi connectivity index (χ4n) is 1.35. The van der Waals surface area contributed by atoms with Gasteiger partial charge in [0.2, 0.25) is 0 Å². The van der Waals surface area contributed by atoms with Crippen LogP contribution in [0.3, 0.4) is 0 Å². The fourth-order valence-corrected chi connectivity index (χ4v) is 1.35. The van der Waals surface area contributed by atoms with E-state index < -0.39 is 5.54 Å². The van der Waals surface area contributed by atoms with E-state index in [2.05, 4.69) is 0 Å². The molecule has 0 fully saturated rings. The Morgan fingerprint density at radius 1 is 1.50 bits per heavy atom. The third kappa shape index (κ3) is 2.79. The van der Waals surface area contributed by atoms with E-state index in [-0.39, 0.29) is 12.4 Å². The molecule has 0 saturated carbocycles. The van der Waals surface area contributed by atoms with Crippen LogP contribution in [0.1, 0.15) is 18.1 Å². The van der Waals surface area contributed by atoms with Gasteiger partial charge in [0.05, 0.1) is 6.61 Å². The van der Waals surface area contributed by atoms with E-state index in [1.165, 1.54) is 12.1 Å². The Balaban J connectivity index is 2.87. The van der Waals surface area contributed by atoms with Crippen LogP contribution in [0.15, 0.2) is 18.2 Å². The molecule has 3 heteroatoms.